The van der Waals surface area contributed by atoms with Gasteiger partial charge in [-0.1, -0.05) is 24.3 Å². The molecule has 1 fully saturated rings. The van der Waals surface area contributed by atoms with Gasteiger partial charge in [-0.25, -0.2) is 0 Å². The molecule has 2 unspecified atom stereocenters. The summed E-state index contributed by atoms with van der Waals surface area (Å²) in [4.78, 5) is 12.1. The first kappa shape index (κ1) is 11.9. The SMILES string of the molecule is O=C(CCCC1CCCO1)C1Cc2ccccc21. The summed E-state index contributed by atoms with van der Waals surface area (Å²) in [6, 6.07) is 8.31. The fraction of sp³-hybridized carbons (Fsp3) is 0.562. The molecule has 0 spiro atoms. The molecule has 2 aliphatic rings. The van der Waals surface area contributed by atoms with Gasteiger partial charge in [0, 0.05) is 18.9 Å². The highest BCUT2D eigenvalue weighted by molar-refractivity contribution is 5.88. The molecule has 2 nitrogen and oxygen atoms in total. The molecule has 2 heteroatoms. The molecule has 18 heavy (non-hydrogen) atoms. The Morgan fingerprint density at radius 2 is 2.22 bits per heavy atom. The lowest BCUT2D eigenvalue weighted by Crippen LogP contribution is -2.25. The van der Waals surface area contributed by atoms with Crippen LogP contribution < -0.4 is 0 Å². The summed E-state index contributed by atoms with van der Waals surface area (Å²) in [7, 11) is 0. The van der Waals surface area contributed by atoms with Crippen molar-refractivity contribution < 1.29 is 9.53 Å². The van der Waals surface area contributed by atoms with E-state index < -0.39 is 0 Å². The highest BCUT2D eigenvalue weighted by Crippen LogP contribution is 2.36. The van der Waals surface area contributed by atoms with E-state index in [1.807, 2.05) is 6.07 Å². The van der Waals surface area contributed by atoms with Crippen molar-refractivity contribution in [3.63, 3.8) is 0 Å². The predicted octanol–water partition coefficient (Wildman–Crippen LogP) is 3.24. The minimum absolute atomic E-state index is 0.186. The van der Waals surface area contributed by atoms with Crippen molar-refractivity contribution in [2.24, 2.45) is 0 Å². The lowest BCUT2D eigenvalue weighted by Gasteiger charge is -2.28. The monoisotopic (exact) mass is 244 g/mol. The number of hydrogen-bond acceptors (Lipinski definition) is 2. The lowest BCUT2D eigenvalue weighted by atomic mass is 9.74. The van der Waals surface area contributed by atoms with Gasteiger partial charge in [0.15, 0.2) is 0 Å². The number of Topliss-reactive ketones (excluding diaryl/α,β-unsaturated/α-hetero) is 1. The maximum Gasteiger partial charge on any atom is 0.140 e. The molecule has 0 amide bonds. The Balaban J connectivity index is 1.45. The first-order valence-corrected chi connectivity index (χ1v) is 7.07. The van der Waals surface area contributed by atoms with Crippen LogP contribution in [0.5, 0.6) is 0 Å². The van der Waals surface area contributed by atoms with Gasteiger partial charge in [-0.15, -0.1) is 0 Å². The zero-order valence-electron chi connectivity index (χ0n) is 10.7. The van der Waals surface area contributed by atoms with Crippen molar-refractivity contribution in [3.05, 3.63) is 35.4 Å². The summed E-state index contributed by atoms with van der Waals surface area (Å²) in [5, 5.41) is 0. The lowest BCUT2D eigenvalue weighted by molar-refractivity contribution is -0.121. The second-order valence-corrected chi connectivity index (χ2v) is 5.45. The third-order valence-corrected chi connectivity index (χ3v) is 4.22. The molecule has 0 N–H and O–H groups in total. The van der Waals surface area contributed by atoms with E-state index in [0.717, 1.165) is 32.3 Å². The Hall–Kier alpha value is -1.15. The number of fused-ring (bicyclic) bond motifs is 1. The van der Waals surface area contributed by atoms with Crippen LogP contribution in [0.2, 0.25) is 0 Å². The normalized spacial score (nSPS) is 25.6. The Morgan fingerprint density at radius 3 is 3.00 bits per heavy atom. The molecule has 0 radical (unpaired) electrons. The van der Waals surface area contributed by atoms with Crippen molar-refractivity contribution in [2.75, 3.05) is 6.61 Å². The van der Waals surface area contributed by atoms with Crippen LogP contribution in [0.1, 0.15) is 49.1 Å². The van der Waals surface area contributed by atoms with E-state index in [2.05, 4.69) is 18.2 Å². The van der Waals surface area contributed by atoms with Gasteiger partial charge in [-0.3, -0.25) is 4.79 Å². The summed E-state index contributed by atoms with van der Waals surface area (Å²) in [6.07, 6.45) is 6.51. The van der Waals surface area contributed by atoms with Crippen LogP contribution in [-0.4, -0.2) is 18.5 Å². The number of carbonyl (C=O) groups is 1. The van der Waals surface area contributed by atoms with Crippen molar-refractivity contribution in [1.82, 2.24) is 0 Å². The summed E-state index contributed by atoms with van der Waals surface area (Å²) in [6.45, 7) is 0.911. The Bertz CT molecular complexity index is 432. The Kier molecular flexibility index (Phi) is 3.46. The van der Waals surface area contributed by atoms with Crippen molar-refractivity contribution >= 4 is 5.78 Å². The number of benzene rings is 1. The second kappa shape index (κ2) is 5.23. The molecule has 1 aliphatic carbocycles. The summed E-state index contributed by atoms with van der Waals surface area (Å²) in [5.74, 6) is 0.609. The van der Waals surface area contributed by atoms with Crippen LogP contribution in [0, 0.1) is 0 Å². The number of carbonyl (C=O) groups excluding carboxylic acids is 1. The van der Waals surface area contributed by atoms with E-state index in [1.54, 1.807) is 0 Å². The van der Waals surface area contributed by atoms with Gasteiger partial charge in [-0.2, -0.15) is 0 Å². The fourth-order valence-corrected chi connectivity index (χ4v) is 3.10. The van der Waals surface area contributed by atoms with E-state index in [0.29, 0.717) is 11.9 Å². The largest absolute Gasteiger partial charge is 0.378 e. The molecule has 1 aliphatic heterocycles. The highest BCUT2D eigenvalue weighted by Gasteiger charge is 2.31. The van der Waals surface area contributed by atoms with Gasteiger partial charge in [0.05, 0.1) is 6.10 Å². The molecule has 1 aromatic rings. The Labute approximate surface area is 108 Å². The second-order valence-electron chi connectivity index (χ2n) is 5.45. The van der Waals surface area contributed by atoms with E-state index in [9.17, 15) is 4.79 Å². The number of ketones is 1. The highest BCUT2D eigenvalue weighted by atomic mass is 16.5. The van der Waals surface area contributed by atoms with E-state index in [1.165, 1.54) is 24.0 Å². The van der Waals surface area contributed by atoms with Gasteiger partial charge in [0.2, 0.25) is 0 Å². The standard InChI is InChI=1S/C16H20O2/c17-16(9-3-6-13-7-4-10-18-13)15-11-12-5-1-2-8-14(12)15/h1-2,5,8,13,15H,3-4,6-7,9-11H2. The van der Waals surface area contributed by atoms with Crippen LogP contribution in [0.4, 0.5) is 0 Å². The minimum Gasteiger partial charge on any atom is -0.378 e. The van der Waals surface area contributed by atoms with Crippen molar-refractivity contribution in [1.29, 1.82) is 0 Å². The molecule has 1 heterocycles. The van der Waals surface area contributed by atoms with Crippen LogP contribution >= 0.6 is 0 Å². The van der Waals surface area contributed by atoms with Crippen molar-refractivity contribution in [2.45, 2.75) is 50.5 Å². The summed E-state index contributed by atoms with van der Waals surface area (Å²) in [5.41, 5.74) is 2.62. The first-order valence-electron chi connectivity index (χ1n) is 7.07. The summed E-state index contributed by atoms with van der Waals surface area (Å²) < 4.78 is 5.58. The number of hydrogen-bond donors (Lipinski definition) is 0. The van der Waals surface area contributed by atoms with Gasteiger partial charge in [0.25, 0.3) is 0 Å². The molecule has 3 rings (SSSR count). The van der Waals surface area contributed by atoms with Crippen molar-refractivity contribution in [3.8, 4) is 0 Å². The maximum atomic E-state index is 12.1. The average molecular weight is 244 g/mol. The van der Waals surface area contributed by atoms with Gasteiger partial charge >= 0.3 is 0 Å². The topological polar surface area (TPSA) is 26.3 Å². The maximum absolute atomic E-state index is 12.1. The van der Waals surface area contributed by atoms with E-state index >= 15 is 0 Å². The van der Waals surface area contributed by atoms with Crippen LogP contribution in [0.15, 0.2) is 24.3 Å². The molecule has 1 aromatic carbocycles. The molecule has 2 atom stereocenters. The zero-order valence-corrected chi connectivity index (χ0v) is 10.7. The molecule has 0 saturated carbocycles. The third kappa shape index (κ3) is 2.35. The molecular formula is C16H20O2. The molecule has 0 aromatic heterocycles. The molecule has 96 valence electrons. The molecular weight excluding hydrogens is 224 g/mol. The molecule has 0 bridgehead atoms. The van der Waals surface area contributed by atoms with E-state index in [-0.39, 0.29) is 5.92 Å². The summed E-state index contributed by atoms with van der Waals surface area (Å²) >= 11 is 0. The van der Waals surface area contributed by atoms with Gasteiger partial charge in [-0.05, 0) is 43.2 Å². The van der Waals surface area contributed by atoms with Crippen LogP contribution in [-0.2, 0) is 16.0 Å². The Morgan fingerprint density at radius 1 is 1.33 bits per heavy atom. The average Bonchev–Trinajstić information content (AvgIpc) is 2.84. The van der Waals surface area contributed by atoms with Crippen LogP contribution in [0.25, 0.3) is 0 Å². The first-order chi connectivity index (χ1) is 8.84. The van der Waals surface area contributed by atoms with E-state index in [4.69, 9.17) is 4.74 Å². The number of ether oxygens (including phenoxy) is 1. The van der Waals surface area contributed by atoms with Gasteiger partial charge in [0.1, 0.15) is 5.78 Å². The van der Waals surface area contributed by atoms with Crippen LogP contribution in [0.3, 0.4) is 0 Å². The fourth-order valence-electron chi connectivity index (χ4n) is 3.10. The minimum atomic E-state index is 0.186. The molecule has 1 saturated heterocycles. The smallest absolute Gasteiger partial charge is 0.140 e. The number of rotatable bonds is 5. The van der Waals surface area contributed by atoms with Gasteiger partial charge < -0.3 is 4.74 Å². The third-order valence-electron chi connectivity index (χ3n) is 4.22. The zero-order chi connectivity index (χ0) is 12.4. The quantitative estimate of drug-likeness (QED) is 0.794. The predicted molar refractivity (Wildman–Crippen MR) is 70.7 cm³/mol.